The fraction of sp³-hybridized carbons (Fsp3) is 0.615. The largest absolute Gasteiger partial charge is 0.459 e. The van der Waals surface area contributed by atoms with Crippen molar-refractivity contribution in [2.45, 2.75) is 32.1 Å². The number of esters is 1. The van der Waals surface area contributed by atoms with Gasteiger partial charge in [0.15, 0.2) is 0 Å². The minimum absolute atomic E-state index is 0.0348. The maximum absolute atomic E-state index is 10.7. The standard InChI is InChI=1S/C13H18O3/c1-16-12(15)7-3-2-4-8-13(11-14)9-5-6-10-13/h5,9,14H,2,4,6,8,10-11H2,1H3. The Balaban J connectivity index is 2.26. The van der Waals surface area contributed by atoms with Gasteiger partial charge in [0.1, 0.15) is 0 Å². The second-order valence-electron chi connectivity index (χ2n) is 4.11. The molecule has 0 aliphatic heterocycles. The minimum Gasteiger partial charge on any atom is -0.459 e. The first-order valence-corrected chi connectivity index (χ1v) is 5.58. The van der Waals surface area contributed by atoms with Crippen molar-refractivity contribution >= 4 is 5.97 Å². The molecule has 1 aliphatic carbocycles. The molecule has 1 unspecified atom stereocenters. The molecule has 0 amide bonds. The SMILES string of the molecule is COC(=O)C#CCCCC1(CO)C=CCC1. The zero-order chi connectivity index (χ0) is 11.9. The third-order valence-corrected chi connectivity index (χ3v) is 2.95. The van der Waals surface area contributed by atoms with Gasteiger partial charge in [0.05, 0.1) is 13.7 Å². The van der Waals surface area contributed by atoms with Crippen molar-refractivity contribution in [2.24, 2.45) is 5.41 Å². The lowest BCUT2D eigenvalue weighted by molar-refractivity contribution is -0.133. The molecule has 0 heterocycles. The quantitative estimate of drug-likeness (QED) is 0.259. The summed E-state index contributed by atoms with van der Waals surface area (Å²) in [5.74, 6) is 4.68. The third kappa shape index (κ3) is 3.71. The van der Waals surface area contributed by atoms with E-state index in [-0.39, 0.29) is 12.0 Å². The molecule has 0 spiro atoms. The second-order valence-corrected chi connectivity index (χ2v) is 4.11. The Bertz CT molecular complexity index is 322. The Labute approximate surface area is 96.5 Å². The molecule has 3 heteroatoms. The van der Waals surface area contributed by atoms with Crippen LogP contribution in [0.4, 0.5) is 0 Å². The molecule has 0 radical (unpaired) electrons. The Morgan fingerprint density at radius 3 is 3.00 bits per heavy atom. The number of aliphatic hydroxyl groups is 1. The lowest BCUT2D eigenvalue weighted by atomic mass is 9.83. The predicted molar refractivity (Wildman–Crippen MR) is 61.5 cm³/mol. The molecule has 88 valence electrons. The van der Waals surface area contributed by atoms with Crippen LogP contribution >= 0.6 is 0 Å². The van der Waals surface area contributed by atoms with Gasteiger partial charge >= 0.3 is 5.97 Å². The summed E-state index contributed by atoms with van der Waals surface area (Å²) in [6.07, 6.45) is 8.80. The lowest BCUT2D eigenvalue weighted by Crippen LogP contribution is -2.19. The third-order valence-electron chi connectivity index (χ3n) is 2.95. The van der Waals surface area contributed by atoms with E-state index < -0.39 is 5.97 Å². The monoisotopic (exact) mass is 222 g/mol. The maximum atomic E-state index is 10.7. The van der Waals surface area contributed by atoms with Gasteiger partial charge in [-0.05, 0) is 25.7 Å². The number of carbonyl (C=O) groups is 1. The van der Waals surface area contributed by atoms with Gasteiger partial charge < -0.3 is 9.84 Å². The zero-order valence-corrected chi connectivity index (χ0v) is 9.66. The Morgan fingerprint density at radius 1 is 1.62 bits per heavy atom. The van der Waals surface area contributed by atoms with Crippen molar-refractivity contribution < 1.29 is 14.6 Å². The van der Waals surface area contributed by atoms with Crippen molar-refractivity contribution in [2.75, 3.05) is 13.7 Å². The van der Waals surface area contributed by atoms with E-state index in [1.807, 2.05) is 0 Å². The summed E-state index contributed by atoms with van der Waals surface area (Å²) in [6, 6.07) is 0. The zero-order valence-electron chi connectivity index (χ0n) is 9.66. The van der Waals surface area contributed by atoms with Gasteiger partial charge in [-0.2, -0.15) is 0 Å². The van der Waals surface area contributed by atoms with Gasteiger partial charge in [0.2, 0.25) is 0 Å². The van der Waals surface area contributed by atoms with Crippen LogP contribution in [0.3, 0.4) is 0 Å². The first kappa shape index (κ1) is 12.8. The normalized spacial score (nSPS) is 22.6. The number of allylic oxidation sites excluding steroid dienone is 1. The van der Waals surface area contributed by atoms with Crippen LogP contribution in [0.2, 0.25) is 0 Å². The molecule has 0 saturated carbocycles. The molecule has 0 saturated heterocycles. The van der Waals surface area contributed by atoms with Crippen LogP contribution in [0.15, 0.2) is 12.2 Å². The second kappa shape index (κ2) is 6.34. The highest BCUT2D eigenvalue weighted by molar-refractivity contribution is 5.88. The molecule has 1 N–H and O–H groups in total. The first-order valence-electron chi connectivity index (χ1n) is 5.58. The number of carbonyl (C=O) groups excluding carboxylic acids is 1. The number of hydrogen-bond donors (Lipinski definition) is 1. The summed E-state index contributed by atoms with van der Waals surface area (Å²) in [5.41, 5.74) is -0.0348. The van der Waals surface area contributed by atoms with E-state index >= 15 is 0 Å². The highest BCUT2D eigenvalue weighted by Crippen LogP contribution is 2.36. The number of unbranched alkanes of at least 4 members (excludes halogenated alkanes) is 1. The Kier molecular flexibility index (Phi) is 5.07. The van der Waals surface area contributed by atoms with Gasteiger partial charge in [-0.25, -0.2) is 4.79 Å². The summed E-state index contributed by atoms with van der Waals surface area (Å²) in [6.45, 7) is 0.202. The predicted octanol–water partition coefficient (Wildman–Crippen LogP) is 1.66. The molecular formula is C13H18O3. The van der Waals surface area contributed by atoms with E-state index in [2.05, 4.69) is 28.7 Å². The highest BCUT2D eigenvalue weighted by atomic mass is 16.5. The molecule has 1 atom stereocenters. The molecule has 0 bridgehead atoms. The maximum Gasteiger partial charge on any atom is 0.384 e. The fourth-order valence-corrected chi connectivity index (χ4v) is 1.92. The molecule has 16 heavy (non-hydrogen) atoms. The lowest BCUT2D eigenvalue weighted by Gasteiger charge is -2.23. The number of ether oxygens (including phenoxy) is 1. The van der Waals surface area contributed by atoms with Crippen LogP contribution < -0.4 is 0 Å². The molecular weight excluding hydrogens is 204 g/mol. The van der Waals surface area contributed by atoms with Crippen LogP contribution in [-0.4, -0.2) is 24.8 Å². The van der Waals surface area contributed by atoms with Crippen LogP contribution in [0.1, 0.15) is 32.1 Å². The van der Waals surface area contributed by atoms with E-state index in [1.165, 1.54) is 7.11 Å². The fourth-order valence-electron chi connectivity index (χ4n) is 1.92. The topological polar surface area (TPSA) is 46.5 Å². The number of aliphatic hydroxyl groups excluding tert-OH is 1. The van der Waals surface area contributed by atoms with Crippen molar-refractivity contribution in [3.8, 4) is 11.8 Å². The van der Waals surface area contributed by atoms with Gasteiger partial charge in [0.25, 0.3) is 0 Å². The molecule has 1 aliphatic rings. The number of methoxy groups -OCH3 is 1. The van der Waals surface area contributed by atoms with Gasteiger partial charge in [0, 0.05) is 17.8 Å². The summed E-state index contributed by atoms with van der Waals surface area (Å²) in [4.78, 5) is 10.7. The Hall–Kier alpha value is -1.27. The number of hydrogen-bond acceptors (Lipinski definition) is 3. The van der Waals surface area contributed by atoms with Crippen molar-refractivity contribution in [1.29, 1.82) is 0 Å². The van der Waals surface area contributed by atoms with Gasteiger partial charge in [-0.15, -0.1) is 0 Å². The molecule has 0 fully saturated rings. The summed E-state index contributed by atoms with van der Waals surface area (Å²) < 4.78 is 4.41. The van der Waals surface area contributed by atoms with Crippen LogP contribution in [0.5, 0.6) is 0 Å². The molecule has 0 aromatic heterocycles. The molecule has 3 nitrogen and oxygen atoms in total. The van der Waals surface area contributed by atoms with Gasteiger partial charge in [-0.1, -0.05) is 18.1 Å². The number of rotatable bonds is 4. The van der Waals surface area contributed by atoms with Gasteiger partial charge in [-0.3, -0.25) is 0 Å². The van der Waals surface area contributed by atoms with Crippen LogP contribution in [-0.2, 0) is 9.53 Å². The van der Waals surface area contributed by atoms with Crippen LogP contribution in [0, 0.1) is 17.3 Å². The summed E-state index contributed by atoms with van der Waals surface area (Å²) >= 11 is 0. The van der Waals surface area contributed by atoms with E-state index in [9.17, 15) is 9.90 Å². The average molecular weight is 222 g/mol. The van der Waals surface area contributed by atoms with E-state index in [0.29, 0.717) is 6.42 Å². The van der Waals surface area contributed by atoms with Crippen LogP contribution in [0.25, 0.3) is 0 Å². The minimum atomic E-state index is -0.488. The smallest absolute Gasteiger partial charge is 0.384 e. The van der Waals surface area contributed by atoms with E-state index in [0.717, 1.165) is 25.7 Å². The first-order chi connectivity index (χ1) is 7.72. The van der Waals surface area contributed by atoms with Crippen molar-refractivity contribution in [1.82, 2.24) is 0 Å². The van der Waals surface area contributed by atoms with Crippen molar-refractivity contribution in [3.05, 3.63) is 12.2 Å². The van der Waals surface area contributed by atoms with E-state index in [4.69, 9.17) is 0 Å². The summed E-state index contributed by atoms with van der Waals surface area (Å²) in [7, 11) is 1.32. The average Bonchev–Trinajstić information content (AvgIpc) is 2.77. The Morgan fingerprint density at radius 2 is 2.44 bits per heavy atom. The van der Waals surface area contributed by atoms with E-state index in [1.54, 1.807) is 0 Å². The molecule has 1 rings (SSSR count). The summed E-state index contributed by atoms with van der Waals surface area (Å²) in [5, 5.41) is 9.34. The molecule has 0 aromatic rings. The highest BCUT2D eigenvalue weighted by Gasteiger charge is 2.27. The molecule has 0 aromatic carbocycles. The van der Waals surface area contributed by atoms with Crippen molar-refractivity contribution in [3.63, 3.8) is 0 Å².